The van der Waals surface area contributed by atoms with E-state index in [-0.39, 0.29) is 30.0 Å². The summed E-state index contributed by atoms with van der Waals surface area (Å²) >= 11 is 1.69. The molecule has 2 aromatic rings. The van der Waals surface area contributed by atoms with E-state index in [0.29, 0.717) is 25.4 Å². The summed E-state index contributed by atoms with van der Waals surface area (Å²) in [7, 11) is -2.05. The third-order valence-electron chi connectivity index (χ3n) is 6.09. The Hall–Kier alpha value is -1.98. The van der Waals surface area contributed by atoms with E-state index in [1.807, 2.05) is 11.4 Å². The van der Waals surface area contributed by atoms with Gasteiger partial charge in [-0.3, -0.25) is 9.69 Å². The number of amides is 1. The van der Waals surface area contributed by atoms with Gasteiger partial charge in [0.2, 0.25) is 15.9 Å². The van der Waals surface area contributed by atoms with Crippen LogP contribution in [0.1, 0.15) is 17.7 Å². The molecule has 2 aliphatic rings. The molecule has 3 heterocycles. The maximum Gasteiger partial charge on any atom is 0.243 e. The molecule has 1 amide bonds. The standard InChI is InChI=1S/C23H31N3O5S2/c1-30-19-6-8-22(9-7-19)33(28,29)26-12-10-25(11-13-26)23(27)18-24(16-20-4-2-14-31-20)17-21-5-3-15-32-21/h3,5-9,15,20H,2,4,10-14,16-18H2,1H3. The number of benzene rings is 1. The monoisotopic (exact) mass is 493 g/mol. The third-order valence-corrected chi connectivity index (χ3v) is 8.87. The highest BCUT2D eigenvalue weighted by Crippen LogP contribution is 2.21. The number of nitrogens with zero attached hydrogens (tertiary/aromatic N) is 3. The number of methoxy groups -OCH3 is 1. The summed E-state index contributed by atoms with van der Waals surface area (Å²) in [4.78, 5) is 18.5. The van der Waals surface area contributed by atoms with Crippen LogP contribution < -0.4 is 4.74 Å². The van der Waals surface area contributed by atoms with Crippen molar-refractivity contribution in [1.82, 2.24) is 14.1 Å². The van der Waals surface area contributed by atoms with Crippen LogP contribution in [0.5, 0.6) is 5.75 Å². The number of hydrogen-bond donors (Lipinski definition) is 0. The van der Waals surface area contributed by atoms with Crippen molar-refractivity contribution >= 4 is 27.3 Å². The van der Waals surface area contributed by atoms with Crippen molar-refractivity contribution in [2.45, 2.75) is 30.4 Å². The number of carbonyl (C=O) groups is 1. The second-order valence-corrected chi connectivity index (χ2v) is 11.3. The van der Waals surface area contributed by atoms with Crippen LogP contribution in [0.4, 0.5) is 0 Å². The molecule has 2 aliphatic heterocycles. The van der Waals surface area contributed by atoms with Gasteiger partial charge < -0.3 is 14.4 Å². The fourth-order valence-electron chi connectivity index (χ4n) is 4.25. The van der Waals surface area contributed by atoms with E-state index in [1.165, 1.54) is 9.18 Å². The predicted molar refractivity (Wildman–Crippen MR) is 127 cm³/mol. The van der Waals surface area contributed by atoms with Crippen LogP contribution in [0.15, 0.2) is 46.7 Å². The van der Waals surface area contributed by atoms with Gasteiger partial charge in [-0.05, 0) is 48.6 Å². The number of piperazine rings is 1. The quantitative estimate of drug-likeness (QED) is 0.533. The Bertz CT molecular complexity index is 997. The summed E-state index contributed by atoms with van der Waals surface area (Å²) in [5.41, 5.74) is 0. The molecule has 4 rings (SSSR count). The first-order valence-corrected chi connectivity index (χ1v) is 13.6. The molecule has 10 heteroatoms. The van der Waals surface area contributed by atoms with E-state index < -0.39 is 10.0 Å². The van der Waals surface area contributed by atoms with E-state index in [4.69, 9.17) is 9.47 Å². The zero-order chi connectivity index (χ0) is 23.3. The van der Waals surface area contributed by atoms with Crippen molar-refractivity contribution in [2.75, 3.05) is 53.0 Å². The van der Waals surface area contributed by atoms with Crippen molar-refractivity contribution in [3.8, 4) is 5.75 Å². The molecule has 2 saturated heterocycles. The minimum absolute atomic E-state index is 0.0334. The van der Waals surface area contributed by atoms with Crippen LogP contribution in [0, 0.1) is 0 Å². The van der Waals surface area contributed by atoms with Crippen LogP contribution in [-0.4, -0.2) is 87.5 Å². The largest absolute Gasteiger partial charge is 0.497 e. The number of carbonyl (C=O) groups excluding carboxylic acids is 1. The van der Waals surface area contributed by atoms with Gasteiger partial charge in [0.1, 0.15) is 5.75 Å². The molecule has 180 valence electrons. The Labute approximate surface area is 199 Å². The van der Waals surface area contributed by atoms with Gasteiger partial charge in [-0.2, -0.15) is 4.31 Å². The van der Waals surface area contributed by atoms with Crippen LogP contribution >= 0.6 is 11.3 Å². The lowest BCUT2D eigenvalue weighted by Crippen LogP contribution is -2.52. The number of sulfonamides is 1. The minimum atomic E-state index is -3.59. The summed E-state index contributed by atoms with van der Waals surface area (Å²) < 4.78 is 38.3. The summed E-state index contributed by atoms with van der Waals surface area (Å²) in [5.74, 6) is 0.644. The molecule has 1 aromatic heterocycles. The maximum atomic E-state index is 13.1. The van der Waals surface area contributed by atoms with E-state index in [9.17, 15) is 13.2 Å². The first-order chi connectivity index (χ1) is 16.0. The molecule has 1 atom stereocenters. The van der Waals surface area contributed by atoms with Gasteiger partial charge in [0.25, 0.3) is 0 Å². The Morgan fingerprint density at radius 3 is 2.55 bits per heavy atom. The second-order valence-electron chi connectivity index (χ2n) is 8.34. The Kier molecular flexibility index (Phi) is 8.02. The fourth-order valence-corrected chi connectivity index (χ4v) is 6.42. The van der Waals surface area contributed by atoms with Crippen LogP contribution in [0.2, 0.25) is 0 Å². The van der Waals surface area contributed by atoms with Crippen molar-refractivity contribution < 1.29 is 22.7 Å². The average Bonchev–Trinajstić information content (AvgIpc) is 3.53. The third kappa shape index (κ3) is 6.13. The Balaban J connectivity index is 1.34. The Morgan fingerprint density at radius 1 is 1.18 bits per heavy atom. The molecule has 0 radical (unpaired) electrons. The first kappa shape index (κ1) is 24.2. The van der Waals surface area contributed by atoms with Crippen LogP contribution in [0.25, 0.3) is 0 Å². The summed E-state index contributed by atoms with van der Waals surface area (Å²) in [5, 5.41) is 2.05. The van der Waals surface area contributed by atoms with Crippen molar-refractivity contribution in [3.63, 3.8) is 0 Å². The van der Waals surface area contributed by atoms with E-state index in [1.54, 1.807) is 47.6 Å². The van der Waals surface area contributed by atoms with Gasteiger partial charge in [-0.1, -0.05) is 6.07 Å². The number of hydrogen-bond acceptors (Lipinski definition) is 7. The SMILES string of the molecule is COc1ccc(S(=O)(=O)N2CCN(C(=O)CN(Cc3cccs3)CC3CCCO3)CC2)cc1. The molecular weight excluding hydrogens is 462 g/mol. The zero-order valence-electron chi connectivity index (χ0n) is 18.9. The molecule has 0 spiro atoms. The molecule has 0 bridgehead atoms. The lowest BCUT2D eigenvalue weighted by atomic mass is 10.2. The summed E-state index contributed by atoms with van der Waals surface area (Å²) in [6.45, 7) is 3.90. The molecular formula is C23H31N3O5S2. The number of ether oxygens (including phenoxy) is 2. The van der Waals surface area contributed by atoms with E-state index in [0.717, 1.165) is 32.5 Å². The Morgan fingerprint density at radius 2 is 1.94 bits per heavy atom. The highest BCUT2D eigenvalue weighted by molar-refractivity contribution is 7.89. The zero-order valence-corrected chi connectivity index (χ0v) is 20.5. The second kappa shape index (κ2) is 11.0. The summed E-state index contributed by atoms with van der Waals surface area (Å²) in [6, 6.07) is 10.5. The van der Waals surface area contributed by atoms with Gasteiger partial charge >= 0.3 is 0 Å². The lowest BCUT2D eigenvalue weighted by Gasteiger charge is -2.35. The van der Waals surface area contributed by atoms with Crippen LogP contribution in [-0.2, 0) is 26.1 Å². The topological polar surface area (TPSA) is 79.4 Å². The minimum Gasteiger partial charge on any atom is -0.497 e. The average molecular weight is 494 g/mol. The first-order valence-electron chi connectivity index (χ1n) is 11.2. The molecule has 1 aromatic carbocycles. The smallest absolute Gasteiger partial charge is 0.243 e. The normalized spacial score (nSPS) is 19.8. The molecule has 33 heavy (non-hydrogen) atoms. The fraction of sp³-hybridized carbons (Fsp3) is 0.522. The predicted octanol–water partition coefficient (Wildman–Crippen LogP) is 2.27. The summed E-state index contributed by atoms with van der Waals surface area (Å²) in [6.07, 6.45) is 2.26. The molecule has 0 aliphatic carbocycles. The molecule has 0 N–H and O–H groups in total. The number of rotatable bonds is 9. The maximum absolute atomic E-state index is 13.1. The van der Waals surface area contributed by atoms with Crippen LogP contribution in [0.3, 0.4) is 0 Å². The molecule has 8 nitrogen and oxygen atoms in total. The van der Waals surface area contributed by atoms with Gasteiger partial charge in [0.05, 0.1) is 24.7 Å². The van der Waals surface area contributed by atoms with E-state index in [2.05, 4.69) is 11.0 Å². The molecule has 0 saturated carbocycles. The lowest BCUT2D eigenvalue weighted by molar-refractivity contribution is -0.134. The van der Waals surface area contributed by atoms with Gasteiger partial charge in [-0.25, -0.2) is 8.42 Å². The van der Waals surface area contributed by atoms with Crippen molar-refractivity contribution in [1.29, 1.82) is 0 Å². The molecule has 2 fully saturated rings. The highest BCUT2D eigenvalue weighted by atomic mass is 32.2. The molecule has 1 unspecified atom stereocenters. The van der Waals surface area contributed by atoms with Gasteiger partial charge in [0.15, 0.2) is 0 Å². The number of thiophene rings is 1. The van der Waals surface area contributed by atoms with E-state index >= 15 is 0 Å². The highest BCUT2D eigenvalue weighted by Gasteiger charge is 2.31. The van der Waals surface area contributed by atoms with Gasteiger partial charge in [-0.15, -0.1) is 11.3 Å². The van der Waals surface area contributed by atoms with Crippen molar-refractivity contribution in [3.05, 3.63) is 46.7 Å². The van der Waals surface area contributed by atoms with Crippen molar-refractivity contribution in [2.24, 2.45) is 0 Å². The van der Waals surface area contributed by atoms with Gasteiger partial charge in [0, 0.05) is 50.8 Å².